The zero-order valence-electron chi connectivity index (χ0n) is 21.4. The molecule has 0 fully saturated rings. The van der Waals surface area contributed by atoms with Gasteiger partial charge in [0.25, 0.3) is 0 Å². The Kier molecular flexibility index (Phi) is 16.2. The van der Waals surface area contributed by atoms with Gasteiger partial charge in [-0.3, -0.25) is 0 Å². The molecule has 2 rings (SSSR count). The van der Waals surface area contributed by atoms with Gasteiger partial charge in [-0.15, -0.1) is 0 Å². The van der Waals surface area contributed by atoms with Crippen LogP contribution in [0.2, 0.25) is 0 Å². The number of carbonyl (C=O) groups is 2. The number of benzene rings is 2. The SMILES string of the molecule is O=C(O)C(=C(F)c1c(F)c(F)c(F)c(F)c1F)C(F)(F)F.O=C(O)C(=C(F)c1c(F)c(F)c(F)c(F)c1F)C(F)(F)F.[Li+].[O-]B(O)O. The van der Waals surface area contributed by atoms with E-state index in [1.807, 2.05) is 0 Å². The van der Waals surface area contributed by atoms with E-state index >= 15 is 0 Å². The molecule has 2 aromatic carbocycles. The summed E-state index contributed by atoms with van der Waals surface area (Å²) in [7, 11) is -2.42. The van der Waals surface area contributed by atoms with Crippen molar-refractivity contribution in [3.05, 3.63) is 80.4 Å². The van der Waals surface area contributed by atoms with Gasteiger partial charge >= 0.3 is 50.5 Å². The average Bonchev–Trinajstić information content (AvgIpc) is 2.86. The van der Waals surface area contributed by atoms with Crippen molar-refractivity contribution in [2.24, 2.45) is 0 Å². The van der Waals surface area contributed by atoms with Gasteiger partial charge in [0, 0.05) is 0 Å². The summed E-state index contributed by atoms with van der Waals surface area (Å²) in [4.78, 5) is 20.6. The molecule has 0 atom stereocenters. The normalized spacial score (nSPS) is 12.4. The zero-order valence-corrected chi connectivity index (χ0v) is 21.4. The molecule has 27 heteroatoms. The Hall–Kier alpha value is -3.86. The number of alkyl halides is 6. The van der Waals surface area contributed by atoms with Crippen LogP contribution in [0.1, 0.15) is 11.1 Å². The number of halogens is 18. The van der Waals surface area contributed by atoms with Gasteiger partial charge in [0.05, 0.1) is 11.1 Å². The summed E-state index contributed by atoms with van der Waals surface area (Å²) in [5.41, 5.74) is -11.4. The molecule has 256 valence electrons. The van der Waals surface area contributed by atoms with Crippen LogP contribution in [0.25, 0.3) is 11.7 Å². The van der Waals surface area contributed by atoms with Gasteiger partial charge in [0.1, 0.15) is 0 Å². The van der Waals surface area contributed by atoms with Gasteiger partial charge in [0.2, 0.25) is 11.6 Å². The molecule has 7 nitrogen and oxygen atoms in total. The minimum absolute atomic E-state index is 0. The number of hydrogen-bond donors (Lipinski definition) is 4. The first-order chi connectivity index (χ1) is 20.5. The summed E-state index contributed by atoms with van der Waals surface area (Å²) in [5.74, 6) is -40.3. The Morgan fingerprint density at radius 3 is 0.766 bits per heavy atom. The first kappa shape index (κ1) is 45.3. The quantitative estimate of drug-likeness (QED) is 0.125. The number of hydrogen-bond acceptors (Lipinski definition) is 5. The van der Waals surface area contributed by atoms with Crippen LogP contribution in [-0.4, -0.2) is 51.9 Å². The van der Waals surface area contributed by atoms with E-state index in [2.05, 4.69) is 0 Å². The standard InChI is InChI=1S/2C10HF9O2.BH2O3.Li/c2*11-3(2(9(20)21)10(17,18)19)1-4(12)6(14)8(16)7(15)5(1)13;2-1(3)4;/h2*(H,20,21);2-3H;/q;;-1;+1. The van der Waals surface area contributed by atoms with E-state index < -0.39 is 124 Å². The van der Waals surface area contributed by atoms with Crippen LogP contribution in [0.3, 0.4) is 0 Å². The van der Waals surface area contributed by atoms with Gasteiger partial charge < -0.3 is 25.3 Å². The van der Waals surface area contributed by atoms with E-state index in [-0.39, 0.29) is 18.9 Å². The monoisotopic (exact) mass is 716 g/mol. The van der Waals surface area contributed by atoms with Crippen molar-refractivity contribution < 1.29 is 133 Å². The van der Waals surface area contributed by atoms with Crippen molar-refractivity contribution in [1.29, 1.82) is 0 Å². The summed E-state index contributed by atoms with van der Waals surface area (Å²) in [6.07, 6.45) is -11.9. The second kappa shape index (κ2) is 16.8. The second-order valence-corrected chi connectivity index (χ2v) is 7.20. The van der Waals surface area contributed by atoms with E-state index in [0.29, 0.717) is 0 Å². The second-order valence-electron chi connectivity index (χ2n) is 7.20. The third-order valence-corrected chi connectivity index (χ3v) is 4.29. The van der Waals surface area contributed by atoms with Crippen LogP contribution in [-0.2, 0) is 9.59 Å². The largest absolute Gasteiger partial charge is 1.00 e. The number of carboxylic acids is 2. The molecular formula is C20H4BF18LiO7. The fourth-order valence-electron chi connectivity index (χ4n) is 2.52. The van der Waals surface area contributed by atoms with E-state index in [1.54, 1.807) is 0 Å². The molecule has 0 saturated carbocycles. The molecule has 0 amide bonds. The van der Waals surface area contributed by atoms with Crippen molar-refractivity contribution in [2.75, 3.05) is 0 Å². The number of carboxylic acid groups (broad SMARTS) is 2. The molecule has 0 radical (unpaired) electrons. The molecule has 0 unspecified atom stereocenters. The van der Waals surface area contributed by atoms with Crippen LogP contribution < -0.4 is 23.9 Å². The summed E-state index contributed by atoms with van der Waals surface area (Å²) in [5, 5.41) is 39.1. The van der Waals surface area contributed by atoms with Crippen molar-refractivity contribution in [3.63, 3.8) is 0 Å². The van der Waals surface area contributed by atoms with Crippen molar-refractivity contribution in [1.82, 2.24) is 0 Å². The smallest absolute Gasteiger partial charge is 0.832 e. The molecule has 0 bridgehead atoms. The Morgan fingerprint density at radius 2 is 0.638 bits per heavy atom. The minimum atomic E-state index is -5.93. The topological polar surface area (TPSA) is 138 Å². The van der Waals surface area contributed by atoms with E-state index in [0.717, 1.165) is 0 Å². The molecule has 0 aliphatic heterocycles. The molecule has 4 N–H and O–H groups in total. The Morgan fingerprint density at radius 1 is 0.489 bits per heavy atom. The molecule has 2 aromatic rings. The van der Waals surface area contributed by atoms with E-state index in [9.17, 15) is 88.6 Å². The fourth-order valence-corrected chi connectivity index (χ4v) is 2.52. The van der Waals surface area contributed by atoms with Crippen LogP contribution >= 0.6 is 0 Å². The molecule has 0 saturated heterocycles. The number of rotatable bonds is 4. The summed E-state index contributed by atoms with van der Waals surface area (Å²) in [6, 6.07) is 0. The Labute approximate surface area is 257 Å². The fraction of sp³-hybridized carbons (Fsp3) is 0.100. The van der Waals surface area contributed by atoms with Crippen LogP contribution in [0.5, 0.6) is 0 Å². The zero-order chi connectivity index (χ0) is 37.0. The third kappa shape index (κ3) is 10.6. The Balaban J connectivity index is 0. The third-order valence-electron chi connectivity index (χ3n) is 4.29. The summed E-state index contributed by atoms with van der Waals surface area (Å²) in [6.45, 7) is 0. The molecular weight excluding hydrogens is 712 g/mol. The molecule has 0 aromatic heterocycles. The number of aliphatic carboxylic acids is 2. The van der Waals surface area contributed by atoms with Gasteiger partial charge in [-0.2, -0.15) is 26.3 Å². The molecule has 47 heavy (non-hydrogen) atoms. The van der Waals surface area contributed by atoms with Crippen molar-refractivity contribution in [2.45, 2.75) is 12.4 Å². The van der Waals surface area contributed by atoms with Crippen molar-refractivity contribution in [3.8, 4) is 0 Å². The van der Waals surface area contributed by atoms with Crippen LogP contribution in [0.15, 0.2) is 11.1 Å². The maximum Gasteiger partial charge on any atom is 1.00 e. The molecule has 0 aliphatic rings. The molecule has 0 heterocycles. The summed E-state index contributed by atoms with van der Waals surface area (Å²) >= 11 is 0. The van der Waals surface area contributed by atoms with E-state index in [4.69, 9.17) is 25.3 Å². The average molecular weight is 716 g/mol. The van der Waals surface area contributed by atoms with Crippen LogP contribution in [0, 0.1) is 58.2 Å². The molecule has 0 spiro atoms. The van der Waals surface area contributed by atoms with E-state index in [1.165, 1.54) is 0 Å². The van der Waals surface area contributed by atoms with Gasteiger partial charge in [-0.05, 0) is 0 Å². The minimum Gasteiger partial charge on any atom is -0.832 e. The van der Waals surface area contributed by atoms with Crippen molar-refractivity contribution >= 4 is 30.9 Å². The summed E-state index contributed by atoms with van der Waals surface area (Å²) < 4.78 is 229. The van der Waals surface area contributed by atoms with Crippen LogP contribution in [0.4, 0.5) is 79.0 Å². The molecule has 0 aliphatic carbocycles. The van der Waals surface area contributed by atoms with Gasteiger partial charge in [-0.25, -0.2) is 62.3 Å². The maximum absolute atomic E-state index is 13.4. The Bertz CT molecular complexity index is 1410. The first-order valence-electron chi connectivity index (χ1n) is 10.0. The predicted molar refractivity (Wildman–Crippen MR) is 106 cm³/mol. The van der Waals surface area contributed by atoms with Gasteiger partial charge in [0.15, 0.2) is 69.3 Å². The first-order valence-corrected chi connectivity index (χ1v) is 10.0. The predicted octanol–water partition coefficient (Wildman–Crippen LogP) is 1.74. The maximum atomic E-state index is 13.4. The van der Waals surface area contributed by atoms with Gasteiger partial charge in [-0.1, -0.05) is 0 Å².